The lowest BCUT2D eigenvalue weighted by molar-refractivity contribution is 0.317. The van der Waals surface area contributed by atoms with Crippen molar-refractivity contribution in [3.8, 4) is 5.75 Å². The zero-order chi connectivity index (χ0) is 15.1. The molecule has 0 spiro atoms. The van der Waals surface area contributed by atoms with Crippen LogP contribution in [-0.2, 0) is 6.54 Å². The summed E-state index contributed by atoms with van der Waals surface area (Å²) >= 11 is 0. The third-order valence-electron chi connectivity index (χ3n) is 3.55. The first-order chi connectivity index (χ1) is 10.2. The van der Waals surface area contributed by atoms with E-state index in [1.807, 2.05) is 0 Å². The fourth-order valence-corrected chi connectivity index (χ4v) is 2.28. The van der Waals surface area contributed by atoms with Crippen molar-refractivity contribution in [2.75, 3.05) is 6.61 Å². The van der Waals surface area contributed by atoms with E-state index < -0.39 is 0 Å². The molecule has 0 radical (unpaired) electrons. The smallest absolute Gasteiger partial charge is 0.119 e. The lowest BCUT2D eigenvalue weighted by Gasteiger charge is -2.15. The van der Waals surface area contributed by atoms with Gasteiger partial charge in [0.25, 0.3) is 0 Å². The van der Waals surface area contributed by atoms with Crippen LogP contribution in [0.4, 0.5) is 0 Å². The van der Waals surface area contributed by atoms with Gasteiger partial charge in [-0.25, -0.2) is 0 Å². The molecule has 0 saturated carbocycles. The van der Waals surface area contributed by atoms with E-state index in [0.29, 0.717) is 6.04 Å². The van der Waals surface area contributed by atoms with Crippen molar-refractivity contribution in [2.24, 2.45) is 0 Å². The van der Waals surface area contributed by atoms with Crippen molar-refractivity contribution in [3.05, 3.63) is 65.2 Å². The van der Waals surface area contributed by atoms with Crippen molar-refractivity contribution >= 4 is 0 Å². The fraction of sp³-hybridized carbons (Fsp3) is 0.368. The van der Waals surface area contributed by atoms with Gasteiger partial charge in [0.05, 0.1) is 6.61 Å². The van der Waals surface area contributed by atoms with Gasteiger partial charge in [-0.15, -0.1) is 0 Å². The summed E-state index contributed by atoms with van der Waals surface area (Å²) in [6.07, 6.45) is 1.04. The van der Waals surface area contributed by atoms with Gasteiger partial charge in [-0.05, 0) is 43.5 Å². The maximum absolute atomic E-state index is 5.61. The molecular weight excluding hydrogens is 258 g/mol. The molecule has 1 unspecified atom stereocenters. The molecule has 0 fully saturated rings. The standard InChI is InChI=1S/C19H25NO/c1-4-12-21-19-10-8-18(9-11-19)16(3)20-14-17-7-5-6-15(2)13-17/h5-11,13,16,20H,4,12,14H2,1-3H3. The monoisotopic (exact) mass is 283 g/mol. The predicted molar refractivity (Wildman–Crippen MR) is 88.7 cm³/mol. The summed E-state index contributed by atoms with van der Waals surface area (Å²) in [5.74, 6) is 0.950. The number of aryl methyl sites for hydroxylation is 1. The number of nitrogens with one attached hydrogen (secondary N) is 1. The SMILES string of the molecule is CCCOc1ccc(C(C)NCc2cccc(C)c2)cc1. The van der Waals surface area contributed by atoms with Gasteiger partial charge >= 0.3 is 0 Å². The van der Waals surface area contributed by atoms with Gasteiger partial charge in [0.1, 0.15) is 5.75 Å². The Morgan fingerprint density at radius 3 is 2.52 bits per heavy atom. The van der Waals surface area contributed by atoms with E-state index in [1.54, 1.807) is 0 Å². The highest BCUT2D eigenvalue weighted by atomic mass is 16.5. The summed E-state index contributed by atoms with van der Waals surface area (Å²) in [6, 6.07) is 17.3. The molecule has 0 bridgehead atoms. The second-order valence-electron chi connectivity index (χ2n) is 5.51. The lowest BCUT2D eigenvalue weighted by Crippen LogP contribution is -2.18. The number of ether oxygens (including phenoxy) is 1. The Labute approximate surface area is 128 Å². The van der Waals surface area contributed by atoms with Gasteiger partial charge in [0.15, 0.2) is 0 Å². The Morgan fingerprint density at radius 2 is 1.86 bits per heavy atom. The molecule has 112 valence electrons. The highest BCUT2D eigenvalue weighted by Crippen LogP contribution is 2.18. The number of benzene rings is 2. The van der Waals surface area contributed by atoms with Crippen LogP contribution in [0.5, 0.6) is 5.75 Å². The number of hydrogen-bond donors (Lipinski definition) is 1. The molecule has 1 N–H and O–H groups in total. The van der Waals surface area contributed by atoms with Crippen LogP contribution in [0.15, 0.2) is 48.5 Å². The zero-order valence-electron chi connectivity index (χ0n) is 13.2. The van der Waals surface area contributed by atoms with Crippen LogP contribution in [0.2, 0.25) is 0 Å². The molecule has 2 aromatic rings. The average molecular weight is 283 g/mol. The summed E-state index contributed by atoms with van der Waals surface area (Å²) in [5.41, 5.74) is 3.91. The third-order valence-corrected chi connectivity index (χ3v) is 3.55. The van der Waals surface area contributed by atoms with Crippen molar-refractivity contribution in [2.45, 2.75) is 39.8 Å². The van der Waals surface area contributed by atoms with Crippen molar-refractivity contribution < 1.29 is 4.74 Å². The Bertz CT molecular complexity index is 548. The summed E-state index contributed by atoms with van der Waals surface area (Å²) in [7, 11) is 0. The second kappa shape index (κ2) is 7.84. The molecule has 0 aliphatic carbocycles. The first-order valence-corrected chi connectivity index (χ1v) is 7.70. The highest BCUT2D eigenvalue weighted by Gasteiger charge is 2.05. The molecule has 0 amide bonds. The van der Waals surface area contributed by atoms with Crippen molar-refractivity contribution in [1.29, 1.82) is 0 Å². The van der Waals surface area contributed by atoms with Crippen LogP contribution in [0.1, 0.15) is 43.0 Å². The maximum Gasteiger partial charge on any atom is 0.119 e. The topological polar surface area (TPSA) is 21.3 Å². The van der Waals surface area contributed by atoms with E-state index in [1.165, 1.54) is 16.7 Å². The summed E-state index contributed by atoms with van der Waals surface area (Å²) in [6.45, 7) is 8.10. The largest absolute Gasteiger partial charge is 0.494 e. The fourth-order valence-electron chi connectivity index (χ4n) is 2.28. The van der Waals surface area contributed by atoms with Gasteiger partial charge in [-0.3, -0.25) is 0 Å². The Hall–Kier alpha value is -1.80. The Balaban J connectivity index is 1.89. The molecule has 2 aromatic carbocycles. The quantitative estimate of drug-likeness (QED) is 0.799. The lowest BCUT2D eigenvalue weighted by atomic mass is 10.1. The van der Waals surface area contributed by atoms with Gasteiger partial charge < -0.3 is 10.1 Å². The van der Waals surface area contributed by atoms with E-state index in [4.69, 9.17) is 4.74 Å². The van der Waals surface area contributed by atoms with Crippen molar-refractivity contribution in [3.63, 3.8) is 0 Å². The van der Waals surface area contributed by atoms with Gasteiger partial charge in [-0.2, -0.15) is 0 Å². The molecule has 0 aliphatic rings. The molecule has 2 nitrogen and oxygen atoms in total. The summed E-state index contributed by atoms with van der Waals surface area (Å²) in [4.78, 5) is 0. The van der Waals surface area contributed by atoms with Gasteiger partial charge in [0.2, 0.25) is 0 Å². The Morgan fingerprint density at radius 1 is 1.10 bits per heavy atom. The third kappa shape index (κ3) is 4.91. The molecule has 0 heterocycles. The molecule has 2 rings (SSSR count). The van der Waals surface area contributed by atoms with E-state index in [9.17, 15) is 0 Å². The van der Waals surface area contributed by atoms with E-state index in [2.05, 4.69) is 74.6 Å². The highest BCUT2D eigenvalue weighted by molar-refractivity contribution is 5.29. The zero-order valence-corrected chi connectivity index (χ0v) is 13.2. The van der Waals surface area contributed by atoms with E-state index in [0.717, 1.165) is 25.3 Å². The minimum atomic E-state index is 0.325. The van der Waals surface area contributed by atoms with Crippen LogP contribution in [0.25, 0.3) is 0 Å². The average Bonchev–Trinajstić information content (AvgIpc) is 2.51. The van der Waals surface area contributed by atoms with Crippen LogP contribution in [0.3, 0.4) is 0 Å². The molecule has 0 aliphatic heterocycles. The first-order valence-electron chi connectivity index (χ1n) is 7.70. The number of rotatable bonds is 7. The predicted octanol–water partition coefficient (Wildman–Crippen LogP) is 4.63. The molecule has 21 heavy (non-hydrogen) atoms. The minimum Gasteiger partial charge on any atom is -0.494 e. The van der Waals surface area contributed by atoms with E-state index >= 15 is 0 Å². The van der Waals surface area contributed by atoms with E-state index in [-0.39, 0.29) is 0 Å². The van der Waals surface area contributed by atoms with Gasteiger partial charge in [-0.1, -0.05) is 48.9 Å². The molecule has 2 heteroatoms. The van der Waals surface area contributed by atoms with Crippen LogP contribution in [0, 0.1) is 6.92 Å². The summed E-state index contributed by atoms with van der Waals surface area (Å²) < 4.78 is 5.61. The molecule has 1 atom stereocenters. The number of hydrogen-bond acceptors (Lipinski definition) is 2. The second-order valence-corrected chi connectivity index (χ2v) is 5.51. The Kier molecular flexibility index (Phi) is 5.82. The van der Waals surface area contributed by atoms with Crippen molar-refractivity contribution in [1.82, 2.24) is 5.32 Å². The molecule has 0 aromatic heterocycles. The maximum atomic E-state index is 5.61. The molecular formula is C19H25NO. The van der Waals surface area contributed by atoms with Gasteiger partial charge in [0, 0.05) is 12.6 Å². The normalized spacial score (nSPS) is 12.1. The minimum absolute atomic E-state index is 0.325. The molecule has 0 saturated heterocycles. The first kappa shape index (κ1) is 15.6. The van der Waals surface area contributed by atoms with Crippen LogP contribution in [-0.4, -0.2) is 6.61 Å². The summed E-state index contributed by atoms with van der Waals surface area (Å²) in [5, 5.41) is 3.56. The van der Waals surface area contributed by atoms with Crippen LogP contribution >= 0.6 is 0 Å². The van der Waals surface area contributed by atoms with Crippen LogP contribution < -0.4 is 10.1 Å².